The standard InChI is InChI=1S/C17H28N2O2/c1-4-13-21-16-9-7-15(8-10-16)14-18-12-11-17(20)19(5-2)6-3/h7-10,18H,4-6,11-14H2,1-3H3. The zero-order valence-corrected chi connectivity index (χ0v) is 13.5. The van der Waals surface area contributed by atoms with E-state index < -0.39 is 0 Å². The van der Waals surface area contributed by atoms with Gasteiger partial charge in [0, 0.05) is 32.6 Å². The summed E-state index contributed by atoms with van der Waals surface area (Å²) in [5.41, 5.74) is 1.20. The van der Waals surface area contributed by atoms with Crippen molar-refractivity contribution >= 4 is 5.91 Å². The van der Waals surface area contributed by atoms with Crippen molar-refractivity contribution < 1.29 is 9.53 Å². The van der Waals surface area contributed by atoms with Crippen LogP contribution >= 0.6 is 0 Å². The van der Waals surface area contributed by atoms with Gasteiger partial charge >= 0.3 is 0 Å². The Morgan fingerprint density at radius 3 is 2.38 bits per heavy atom. The molecule has 1 aromatic rings. The molecule has 0 saturated heterocycles. The van der Waals surface area contributed by atoms with E-state index in [1.54, 1.807) is 0 Å². The number of carbonyl (C=O) groups is 1. The topological polar surface area (TPSA) is 41.6 Å². The van der Waals surface area contributed by atoms with Crippen LogP contribution in [-0.2, 0) is 11.3 Å². The highest BCUT2D eigenvalue weighted by Gasteiger charge is 2.08. The average Bonchev–Trinajstić information content (AvgIpc) is 2.52. The zero-order chi connectivity index (χ0) is 15.5. The van der Waals surface area contributed by atoms with E-state index in [1.165, 1.54) is 5.56 Å². The molecule has 0 radical (unpaired) electrons. The fourth-order valence-corrected chi connectivity index (χ4v) is 2.09. The van der Waals surface area contributed by atoms with Crippen molar-refractivity contribution in [1.82, 2.24) is 10.2 Å². The fourth-order valence-electron chi connectivity index (χ4n) is 2.09. The quantitative estimate of drug-likeness (QED) is 0.674. The molecule has 0 atom stereocenters. The van der Waals surface area contributed by atoms with Gasteiger partial charge in [0.05, 0.1) is 6.61 Å². The van der Waals surface area contributed by atoms with Gasteiger partial charge in [0.25, 0.3) is 0 Å². The number of nitrogens with zero attached hydrogens (tertiary/aromatic N) is 1. The summed E-state index contributed by atoms with van der Waals surface area (Å²) in [5.74, 6) is 1.13. The lowest BCUT2D eigenvalue weighted by molar-refractivity contribution is -0.130. The molecule has 0 aliphatic heterocycles. The molecule has 21 heavy (non-hydrogen) atoms. The van der Waals surface area contributed by atoms with Crippen molar-refractivity contribution in [1.29, 1.82) is 0 Å². The second-order valence-electron chi connectivity index (χ2n) is 4.99. The Morgan fingerprint density at radius 2 is 1.81 bits per heavy atom. The molecule has 4 nitrogen and oxygen atoms in total. The van der Waals surface area contributed by atoms with E-state index in [-0.39, 0.29) is 5.91 Å². The smallest absolute Gasteiger partial charge is 0.223 e. The van der Waals surface area contributed by atoms with Gasteiger partial charge in [0.1, 0.15) is 5.75 Å². The lowest BCUT2D eigenvalue weighted by Gasteiger charge is -2.18. The summed E-state index contributed by atoms with van der Waals surface area (Å²) in [7, 11) is 0. The van der Waals surface area contributed by atoms with Gasteiger partial charge in [0.2, 0.25) is 5.91 Å². The Morgan fingerprint density at radius 1 is 1.14 bits per heavy atom. The molecule has 1 aromatic carbocycles. The SMILES string of the molecule is CCCOc1ccc(CNCCC(=O)N(CC)CC)cc1. The van der Waals surface area contributed by atoms with E-state index in [0.29, 0.717) is 13.0 Å². The summed E-state index contributed by atoms with van der Waals surface area (Å²) in [4.78, 5) is 13.7. The van der Waals surface area contributed by atoms with Crippen LogP contribution in [0.3, 0.4) is 0 Å². The van der Waals surface area contributed by atoms with Crippen LogP contribution in [0.5, 0.6) is 5.75 Å². The van der Waals surface area contributed by atoms with Gasteiger partial charge in [-0.2, -0.15) is 0 Å². The van der Waals surface area contributed by atoms with Crippen molar-refractivity contribution in [2.24, 2.45) is 0 Å². The molecule has 0 saturated carbocycles. The molecule has 0 aromatic heterocycles. The molecule has 0 unspecified atom stereocenters. The highest BCUT2D eigenvalue weighted by atomic mass is 16.5. The minimum atomic E-state index is 0.218. The van der Waals surface area contributed by atoms with E-state index >= 15 is 0 Å². The van der Waals surface area contributed by atoms with Gasteiger partial charge in [-0.1, -0.05) is 19.1 Å². The third-order valence-corrected chi connectivity index (χ3v) is 3.36. The van der Waals surface area contributed by atoms with Gasteiger partial charge < -0.3 is 15.0 Å². The molecule has 4 heteroatoms. The van der Waals surface area contributed by atoms with Crippen LogP contribution in [0.4, 0.5) is 0 Å². The lowest BCUT2D eigenvalue weighted by Crippen LogP contribution is -2.32. The summed E-state index contributed by atoms with van der Waals surface area (Å²) >= 11 is 0. The van der Waals surface area contributed by atoms with E-state index in [9.17, 15) is 4.79 Å². The third-order valence-electron chi connectivity index (χ3n) is 3.36. The molecular formula is C17H28N2O2. The number of carbonyl (C=O) groups excluding carboxylic acids is 1. The van der Waals surface area contributed by atoms with Gasteiger partial charge in [-0.15, -0.1) is 0 Å². The van der Waals surface area contributed by atoms with Crippen molar-refractivity contribution in [3.05, 3.63) is 29.8 Å². The first-order chi connectivity index (χ1) is 10.2. The zero-order valence-electron chi connectivity index (χ0n) is 13.5. The van der Waals surface area contributed by atoms with E-state index in [0.717, 1.165) is 38.4 Å². The predicted octanol–water partition coefficient (Wildman–Crippen LogP) is 2.82. The first kappa shape index (κ1) is 17.5. The Labute approximate surface area is 128 Å². The first-order valence-corrected chi connectivity index (χ1v) is 7.91. The number of hydrogen-bond donors (Lipinski definition) is 1. The molecule has 1 rings (SSSR count). The summed E-state index contributed by atoms with van der Waals surface area (Å²) < 4.78 is 5.55. The monoisotopic (exact) mass is 292 g/mol. The van der Waals surface area contributed by atoms with E-state index in [4.69, 9.17) is 4.74 Å². The Hall–Kier alpha value is -1.55. The van der Waals surface area contributed by atoms with Crippen LogP contribution < -0.4 is 10.1 Å². The van der Waals surface area contributed by atoms with Crippen molar-refractivity contribution in [3.8, 4) is 5.75 Å². The lowest BCUT2D eigenvalue weighted by atomic mass is 10.2. The molecular weight excluding hydrogens is 264 g/mol. The number of rotatable bonds is 10. The minimum absolute atomic E-state index is 0.218. The number of nitrogens with one attached hydrogen (secondary N) is 1. The number of hydrogen-bond acceptors (Lipinski definition) is 3. The second-order valence-corrected chi connectivity index (χ2v) is 4.99. The van der Waals surface area contributed by atoms with Gasteiger partial charge in [-0.3, -0.25) is 4.79 Å². The Balaban J connectivity index is 2.25. The highest BCUT2D eigenvalue weighted by molar-refractivity contribution is 5.76. The minimum Gasteiger partial charge on any atom is -0.494 e. The fraction of sp³-hybridized carbons (Fsp3) is 0.588. The largest absolute Gasteiger partial charge is 0.494 e. The second kappa shape index (κ2) is 10.2. The Kier molecular flexibility index (Phi) is 8.51. The maximum absolute atomic E-state index is 11.8. The van der Waals surface area contributed by atoms with Gasteiger partial charge in [-0.25, -0.2) is 0 Å². The molecule has 0 bridgehead atoms. The molecule has 0 spiro atoms. The predicted molar refractivity (Wildman–Crippen MR) is 86.5 cm³/mol. The molecule has 1 amide bonds. The summed E-state index contributed by atoms with van der Waals surface area (Å²) in [6.45, 7) is 9.93. The Bertz CT molecular complexity index is 400. The van der Waals surface area contributed by atoms with Crippen molar-refractivity contribution in [2.75, 3.05) is 26.2 Å². The number of amides is 1. The maximum atomic E-state index is 11.8. The van der Waals surface area contributed by atoms with Crippen LogP contribution in [0.1, 0.15) is 39.2 Å². The van der Waals surface area contributed by atoms with Crippen LogP contribution in [0, 0.1) is 0 Å². The van der Waals surface area contributed by atoms with Crippen LogP contribution in [-0.4, -0.2) is 37.0 Å². The van der Waals surface area contributed by atoms with Crippen LogP contribution in [0.25, 0.3) is 0 Å². The van der Waals surface area contributed by atoms with Crippen LogP contribution in [0.2, 0.25) is 0 Å². The number of benzene rings is 1. The van der Waals surface area contributed by atoms with Gasteiger partial charge in [-0.05, 0) is 38.0 Å². The van der Waals surface area contributed by atoms with Crippen molar-refractivity contribution in [2.45, 2.75) is 40.2 Å². The van der Waals surface area contributed by atoms with E-state index in [2.05, 4.69) is 24.4 Å². The molecule has 0 aliphatic carbocycles. The average molecular weight is 292 g/mol. The molecule has 0 aliphatic rings. The summed E-state index contributed by atoms with van der Waals surface area (Å²) in [5, 5.41) is 3.31. The maximum Gasteiger partial charge on any atom is 0.223 e. The van der Waals surface area contributed by atoms with Gasteiger partial charge in [0.15, 0.2) is 0 Å². The number of ether oxygens (including phenoxy) is 1. The van der Waals surface area contributed by atoms with E-state index in [1.807, 2.05) is 30.9 Å². The first-order valence-electron chi connectivity index (χ1n) is 7.91. The molecule has 1 N–H and O–H groups in total. The molecule has 118 valence electrons. The normalized spacial score (nSPS) is 10.4. The van der Waals surface area contributed by atoms with Crippen LogP contribution in [0.15, 0.2) is 24.3 Å². The summed E-state index contributed by atoms with van der Waals surface area (Å²) in [6, 6.07) is 8.11. The highest BCUT2D eigenvalue weighted by Crippen LogP contribution is 2.12. The summed E-state index contributed by atoms with van der Waals surface area (Å²) in [6.07, 6.45) is 1.57. The molecule has 0 fully saturated rings. The third kappa shape index (κ3) is 6.63. The van der Waals surface area contributed by atoms with Crippen molar-refractivity contribution in [3.63, 3.8) is 0 Å². The molecule has 0 heterocycles.